The first-order chi connectivity index (χ1) is 8.42. The van der Waals surface area contributed by atoms with Crippen LogP contribution in [0.15, 0.2) is 5.16 Å². The highest BCUT2D eigenvalue weighted by molar-refractivity contribution is 7.99. The monoisotopic (exact) mass is 252 g/mol. The van der Waals surface area contributed by atoms with Crippen molar-refractivity contribution in [1.82, 2.24) is 20.1 Å². The first kappa shape index (κ1) is 11.5. The van der Waals surface area contributed by atoms with E-state index in [1.54, 1.807) is 11.8 Å². The van der Waals surface area contributed by atoms with Crippen molar-refractivity contribution in [2.75, 3.05) is 25.4 Å². The number of piperidine rings is 1. The van der Waals surface area contributed by atoms with Gasteiger partial charge in [-0.2, -0.15) is 0 Å². The Hall–Kier alpha value is -0.550. The summed E-state index contributed by atoms with van der Waals surface area (Å²) in [6.45, 7) is 3.74. The molecule has 94 valence electrons. The van der Waals surface area contributed by atoms with Gasteiger partial charge in [-0.1, -0.05) is 18.2 Å². The van der Waals surface area contributed by atoms with Crippen molar-refractivity contribution in [1.29, 1.82) is 0 Å². The lowest BCUT2D eigenvalue weighted by molar-refractivity contribution is 0.242. The number of hydrogen-bond donors (Lipinski definition) is 1. The van der Waals surface area contributed by atoms with E-state index in [1.807, 2.05) is 0 Å². The molecule has 1 aromatic rings. The van der Waals surface area contributed by atoms with E-state index in [0.29, 0.717) is 5.92 Å². The minimum Gasteiger partial charge on any atom is -0.303 e. The molecule has 2 aliphatic rings. The maximum atomic E-state index is 4.53. The van der Waals surface area contributed by atoms with Gasteiger partial charge in [0.1, 0.15) is 5.82 Å². The summed E-state index contributed by atoms with van der Waals surface area (Å²) >= 11 is 1.78. The second kappa shape index (κ2) is 5.40. The number of aromatic nitrogens is 3. The average molecular weight is 252 g/mol. The van der Waals surface area contributed by atoms with Gasteiger partial charge in [-0.15, -0.1) is 5.10 Å². The Morgan fingerprint density at radius 3 is 2.82 bits per heavy atom. The maximum Gasteiger partial charge on any atom is 0.208 e. The highest BCUT2D eigenvalue weighted by atomic mass is 32.2. The van der Waals surface area contributed by atoms with E-state index in [-0.39, 0.29) is 0 Å². The molecule has 1 saturated carbocycles. The summed E-state index contributed by atoms with van der Waals surface area (Å²) in [6, 6.07) is 0. The molecule has 0 radical (unpaired) electrons. The quantitative estimate of drug-likeness (QED) is 0.816. The van der Waals surface area contributed by atoms with Gasteiger partial charge in [0.15, 0.2) is 0 Å². The Labute approximate surface area is 107 Å². The lowest BCUT2D eigenvalue weighted by atomic mass is 10.1. The zero-order valence-electron chi connectivity index (χ0n) is 10.2. The van der Waals surface area contributed by atoms with Crippen LogP contribution in [0.2, 0.25) is 0 Å². The molecule has 1 saturated heterocycles. The van der Waals surface area contributed by atoms with E-state index in [2.05, 4.69) is 20.1 Å². The van der Waals surface area contributed by atoms with E-state index >= 15 is 0 Å². The highest BCUT2D eigenvalue weighted by Gasteiger charge is 2.27. The number of likely N-dealkylation sites (tertiary alicyclic amines) is 1. The van der Waals surface area contributed by atoms with Crippen LogP contribution in [0, 0.1) is 0 Å². The smallest absolute Gasteiger partial charge is 0.208 e. The van der Waals surface area contributed by atoms with Gasteiger partial charge in [-0.3, -0.25) is 5.10 Å². The first-order valence-corrected chi connectivity index (χ1v) is 7.68. The zero-order chi connectivity index (χ0) is 11.5. The third-order valence-electron chi connectivity index (χ3n) is 3.53. The van der Waals surface area contributed by atoms with Gasteiger partial charge < -0.3 is 4.90 Å². The van der Waals surface area contributed by atoms with E-state index in [1.165, 1.54) is 51.7 Å². The van der Waals surface area contributed by atoms with E-state index in [0.717, 1.165) is 16.7 Å². The lowest BCUT2D eigenvalue weighted by Crippen LogP contribution is -2.31. The van der Waals surface area contributed by atoms with Crippen molar-refractivity contribution in [3.63, 3.8) is 0 Å². The van der Waals surface area contributed by atoms with Gasteiger partial charge in [0.25, 0.3) is 0 Å². The molecule has 3 rings (SSSR count). The Bertz CT molecular complexity index is 355. The van der Waals surface area contributed by atoms with Crippen molar-refractivity contribution in [3.05, 3.63) is 5.82 Å². The van der Waals surface area contributed by atoms with E-state index < -0.39 is 0 Å². The molecule has 1 aliphatic carbocycles. The van der Waals surface area contributed by atoms with Crippen molar-refractivity contribution < 1.29 is 0 Å². The predicted octanol–water partition coefficient (Wildman–Crippen LogP) is 2.26. The van der Waals surface area contributed by atoms with Gasteiger partial charge in [0.2, 0.25) is 5.16 Å². The summed E-state index contributed by atoms with van der Waals surface area (Å²) in [5, 5.41) is 8.26. The van der Waals surface area contributed by atoms with Gasteiger partial charge in [-0.05, 0) is 38.8 Å². The number of nitrogens with zero attached hydrogens (tertiary/aromatic N) is 3. The molecule has 1 aliphatic heterocycles. The van der Waals surface area contributed by atoms with Gasteiger partial charge in [-0.25, -0.2) is 4.98 Å². The SMILES string of the molecule is C1CCN(CCSc2n[nH]c(C3CC3)n2)CC1. The maximum absolute atomic E-state index is 4.53. The molecule has 0 bridgehead atoms. The fourth-order valence-electron chi connectivity index (χ4n) is 2.31. The summed E-state index contributed by atoms with van der Waals surface area (Å²) in [5.41, 5.74) is 0. The standard InChI is InChI=1S/C12H20N4S/c1-2-6-16(7-3-1)8-9-17-12-13-11(14-15-12)10-4-5-10/h10H,1-9H2,(H,13,14,15). The molecule has 1 N–H and O–H groups in total. The van der Waals surface area contributed by atoms with Gasteiger partial charge in [0.05, 0.1) is 0 Å². The second-order valence-electron chi connectivity index (χ2n) is 5.03. The van der Waals surface area contributed by atoms with Crippen molar-refractivity contribution in [2.45, 2.75) is 43.2 Å². The van der Waals surface area contributed by atoms with E-state index in [9.17, 15) is 0 Å². The highest BCUT2D eigenvalue weighted by Crippen LogP contribution is 2.38. The minimum absolute atomic E-state index is 0.680. The Balaban J connectivity index is 1.40. The Morgan fingerprint density at radius 1 is 1.24 bits per heavy atom. The van der Waals surface area contributed by atoms with E-state index in [4.69, 9.17) is 0 Å². The van der Waals surface area contributed by atoms with Crippen LogP contribution >= 0.6 is 11.8 Å². The zero-order valence-corrected chi connectivity index (χ0v) is 11.0. The molecule has 0 spiro atoms. The van der Waals surface area contributed by atoms with Crippen LogP contribution in [0.1, 0.15) is 43.8 Å². The Morgan fingerprint density at radius 2 is 2.06 bits per heavy atom. The molecule has 17 heavy (non-hydrogen) atoms. The molecule has 2 heterocycles. The molecule has 1 aromatic heterocycles. The topological polar surface area (TPSA) is 44.8 Å². The van der Waals surface area contributed by atoms with Crippen LogP contribution < -0.4 is 0 Å². The number of nitrogens with one attached hydrogen (secondary N) is 1. The summed E-state index contributed by atoms with van der Waals surface area (Å²) in [4.78, 5) is 7.09. The minimum atomic E-state index is 0.680. The van der Waals surface area contributed by atoms with Crippen LogP contribution in [0.5, 0.6) is 0 Å². The predicted molar refractivity (Wildman–Crippen MR) is 69.4 cm³/mol. The third kappa shape index (κ3) is 3.22. The Kier molecular flexibility index (Phi) is 3.66. The van der Waals surface area contributed by atoms with Gasteiger partial charge in [0, 0.05) is 18.2 Å². The number of hydrogen-bond acceptors (Lipinski definition) is 4. The fourth-order valence-corrected chi connectivity index (χ4v) is 3.12. The summed E-state index contributed by atoms with van der Waals surface area (Å²) in [5.74, 6) is 2.89. The molecule has 2 fully saturated rings. The number of aromatic amines is 1. The molecule has 5 heteroatoms. The van der Waals surface area contributed by atoms with Crippen LogP contribution in [0.4, 0.5) is 0 Å². The molecule has 4 nitrogen and oxygen atoms in total. The van der Waals surface area contributed by atoms with Crippen LogP contribution in [0.3, 0.4) is 0 Å². The van der Waals surface area contributed by atoms with Crippen LogP contribution in [0.25, 0.3) is 0 Å². The first-order valence-electron chi connectivity index (χ1n) is 6.69. The van der Waals surface area contributed by atoms with Crippen molar-refractivity contribution >= 4 is 11.8 Å². The number of rotatable bonds is 5. The molecule has 0 unspecified atom stereocenters. The molecule has 0 aromatic carbocycles. The number of H-pyrrole nitrogens is 1. The van der Waals surface area contributed by atoms with Crippen molar-refractivity contribution in [3.8, 4) is 0 Å². The van der Waals surface area contributed by atoms with Crippen LogP contribution in [-0.4, -0.2) is 45.5 Å². The molecule has 0 atom stereocenters. The van der Waals surface area contributed by atoms with Crippen molar-refractivity contribution in [2.24, 2.45) is 0 Å². The fraction of sp³-hybridized carbons (Fsp3) is 0.833. The molecular weight excluding hydrogens is 232 g/mol. The summed E-state index contributed by atoms with van der Waals surface area (Å²) in [6.07, 6.45) is 6.73. The largest absolute Gasteiger partial charge is 0.303 e. The lowest BCUT2D eigenvalue weighted by Gasteiger charge is -2.25. The molecular formula is C12H20N4S. The summed E-state index contributed by atoms with van der Waals surface area (Å²) in [7, 11) is 0. The summed E-state index contributed by atoms with van der Waals surface area (Å²) < 4.78 is 0. The second-order valence-corrected chi connectivity index (χ2v) is 6.09. The molecule has 0 amide bonds. The normalized spacial score (nSPS) is 21.9. The van der Waals surface area contributed by atoms with Crippen LogP contribution in [-0.2, 0) is 0 Å². The third-order valence-corrected chi connectivity index (χ3v) is 4.36. The average Bonchev–Trinajstić information content (AvgIpc) is 3.11. The number of thioether (sulfide) groups is 1. The van der Waals surface area contributed by atoms with Gasteiger partial charge >= 0.3 is 0 Å².